The van der Waals surface area contributed by atoms with Crippen molar-refractivity contribution in [1.82, 2.24) is 62.2 Å². The number of aryl methyl sites for hydroxylation is 1. The number of aromatic nitrogens is 6. The van der Waals surface area contributed by atoms with Crippen LogP contribution in [0.15, 0.2) is 90.7 Å². The van der Waals surface area contributed by atoms with Gasteiger partial charge in [-0.1, -0.05) is 186 Å². The number of aliphatic hydroxyl groups excluding tert-OH is 1. The number of aliphatic imine (C=N–C) groups is 2. The van der Waals surface area contributed by atoms with E-state index < -0.39 is 52.5 Å². The minimum atomic E-state index is -1.52. The van der Waals surface area contributed by atoms with Crippen molar-refractivity contribution in [2.75, 3.05) is 6.67 Å². The minimum absolute atomic E-state index is 0.0208. The van der Waals surface area contributed by atoms with Gasteiger partial charge in [0.1, 0.15) is 40.8 Å². The van der Waals surface area contributed by atoms with Gasteiger partial charge in [0.05, 0.1) is 20.8 Å². The quantitative estimate of drug-likeness (QED) is 0.0556. The number of aliphatic hydroxyl groups is 1. The number of H-pyrrole nitrogens is 2. The third kappa shape index (κ3) is 28.2. The number of hydrogen-bond donors (Lipinski definition) is 9. The van der Waals surface area contributed by atoms with Crippen molar-refractivity contribution in [1.29, 1.82) is 0 Å². The van der Waals surface area contributed by atoms with Gasteiger partial charge < -0.3 is 24.9 Å². The average molecular weight is 1520 g/mol. The number of aromatic amines is 2. The molecular weight excluding hydrogens is 1410 g/mol. The molecule has 2 atom stereocenters. The lowest BCUT2D eigenvalue weighted by molar-refractivity contribution is -0.127. The van der Waals surface area contributed by atoms with Crippen LogP contribution in [0.2, 0.25) is 0 Å². The Morgan fingerprint density at radius 3 is 1.56 bits per heavy atom. The van der Waals surface area contributed by atoms with Crippen LogP contribution in [0.25, 0.3) is 21.0 Å². The number of pyridine rings is 1. The fourth-order valence-electron chi connectivity index (χ4n) is 9.17. The number of amides is 10. The molecule has 9 N–H and O–H groups in total. The lowest BCUT2D eigenvalue weighted by Crippen LogP contribution is -2.34. The lowest BCUT2D eigenvalue weighted by atomic mass is 9.86. The first kappa shape index (κ1) is 89.9. The number of imide groups is 4. The number of ether oxygens (including phenoxy) is 2. The van der Waals surface area contributed by atoms with Crippen molar-refractivity contribution in [3.63, 3.8) is 0 Å². The molecule has 0 spiro atoms. The standard InChI is InChI=1S/C13H15NO.C12H15NOS.C8H11NO3.C8H11NO2.C7H10N2O2.C7H12N2O.C7H11NO3.C5H10N4S.C5H10N2O2S/c1-13(2,3)12-10-7-5-4-6-9(10)8-11(15)14-12;1-8-13-11-9(14-12(2,3)4)6-5-7-10(11)15-8;1-8(2,3)4-5(10)7(12)9-6(4)11;1-8(2,3)5-4-6(10)9-7(5)11;1-7(2,3)4-5(10)9-6(11)8-4;1-7(2,3)5-6(10)9-4-8-5;1-7(2,3)4-5(9)8-6(10)11-4;1-5(2,3)9-4(10)6-7-8-9;1-5(2,3)4-6-9-10(8)7-4/h4-8H,1-3H3,(H,14,15);5-7H,1-4H3;1-3H3,(H2,9,10,11,12);4H,1-3H3,(H,9,10,11);1-3H3,(H,9,10,11);4H2,1-3H3,(H,9,10);4H,1-3H3,(H,8,9,10);1-3H3,(H,6,8,10);1-3H3,(H,6,7). The summed E-state index contributed by atoms with van der Waals surface area (Å²) < 4.78 is 32.8. The Hall–Kier alpha value is -9.34. The fraction of sp³-hybridized carbons (Fsp3) is 0.542. The monoisotopic (exact) mass is 1520 g/mol. The number of tetrazole rings is 1. The van der Waals surface area contributed by atoms with Gasteiger partial charge in [0, 0.05) is 55.9 Å². The first-order chi connectivity index (χ1) is 47.5. The van der Waals surface area contributed by atoms with Crippen molar-refractivity contribution >= 4 is 127 Å². The number of nitrogens with one attached hydrogen (secondary N) is 8. The molecule has 1 fully saturated rings. The van der Waals surface area contributed by atoms with E-state index in [0.29, 0.717) is 34.3 Å². The number of carbonyl (C=O) groups excluding carboxylic acids is 9. The molecular formula is C72H105N15O15S3. The maximum Gasteiger partial charge on any atom is 0.414 e. The zero-order chi connectivity index (χ0) is 80.9. The van der Waals surface area contributed by atoms with Crippen LogP contribution in [0.5, 0.6) is 5.75 Å². The first-order valence-electron chi connectivity index (χ1n) is 33.3. The van der Waals surface area contributed by atoms with Crippen LogP contribution >= 0.6 is 23.6 Å². The number of rotatable bonds is 1. The summed E-state index contributed by atoms with van der Waals surface area (Å²) in [5.74, 6) is -1.45. The summed E-state index contributed by atoms with van der Waals surface area (Å²) in [6.45, 7) is 54.9. The summed E-state index contributed by atoms with van der Waals surface area (Å²) in [6.07, 6.45) is 0.0763. The maximum absolute atomic E-state index is 11.5. The maximum atomic E-state index is 11.5. The van der Waals surface area contributed by atoms with E-state index in [1.807, 2.05) is 194 Å². The average Bonchev–Trinajstić information content (AvgIpc) is 1.77. The van der Waals surface area contributed by atoms with Gasteiger partial charge in [-0.25, -0.2) is 28.9 Å². The number of hydrogen-bond acceptors (Lipinski definition) is 22. The van der Waals surface area contributed by atoms with E-state index in [4.69, 9.17) is 21.7 Å². The van der Waals surface area contributed by atoms with E-state index in [0.717, 1.165) is 32.7 Å². The molecule has 1 saturated heterocycles. The SMILES string of the molecule is CC(C)(C)C1=C(O)C(=O)NC1=O.CC(C)(C)C1=CC(=O)NC1=O.CC(C)(C)C1=NC(=O)NC1=O.CC(C)(C)C1=NCNC1=O.CC(C)(C)C1=NS(=O)ON1.CC(C)(C)C1OC(=O)NC1=O.CC(C)(C)c1[nH]c(=O)cc2ccccc12.CC(C)(C)n1[nH]nnc1=S.Cc1nc2c(OC(C)(C)C)cccc2s1. The number of thiazole rings is 1. The second-order valence-electron chi connectivity index (χ2n) is 33.5. The van der Waals surface area contributed by atoms with Gasteiger partial charge in [0.2, 0.25) is 10.3 Å². The minimum Gasteiger partial charge on any atom is -0.503 e. The Morgan fingerprint density at radius 1 is 0.648 bits per heavy atom. The molecule has 2 unspecified atom stereocenters. The highest BCUT2D eigenvalue weighted by molar-refractivity contribution is 7.79. The second-order valence-corrected chi connectivity index (χ2v) is 35.9. The van der Waals surface area contributed by atoms with E-state index in [2.05, 4.69) is 97.7 Å². The van der Waals surface area contributed by atoms with Crippen molar-refractivity contribution in [3.05, 3.63) is 97.3 Å². The summed E-state index contributed by atoms with van der Waals surface area (Å²) in [7, 11) is 0. The highest BCUT2D eigenvalue weighted by Crippen LogP contribution is 2.34. The van der Waals surface area contributed by atoms with Crippen molar-refractivity contribution in [2.24, 2.45) is 46.9 Å². The fourth-order valence-corrected chi connectivity index (χ4v) is 11.0. The Bertz CT molecular complexity index is 4340. The van der Waals surface area contributed by atoms with E-state index in [1.54, 1.807) is 42.9 Å². The zero-order valence-electron chi connectivity index (χ0n) is 65.5. The van der Waals surface area contributed by atoms with Gasteiger partial charge in [0.25, 0.3) is 41.4 Å². The number of benzene rings is 2. The molecule has 0 radical (unpaired) electrons. The molecule has 0 aliphatic carbocycles. The van der Waals surface area contributed by atoms with Crippen LogP contribution in [0.4, 0.5) is 9.59 Å². The summed E-state index contributed by atoms with van der Waals surface area (Å²) >= 11 is 5.07. The van der Waals surface area contributed by atoms with Crippen LogP contribution in [-0.4, -0.2) is 129 Å². The Kier molecular flexibility index (Phi) is 30.1. The number of hydroxylamine groups is 1. The van der Waals surface area contributed by atoms with E-state index >= 15 is 0 Å². The highest BCUT2D eigenvalue weighted by Gasteiger charge is 2.41. The Balaban J connectivity index is 0.000000308. The van der Waals surface area contributed by atoms with E-state index in [9.17, 15) is 57.3 Å². The number of urea groups is 1. The van der Waals surface area contributed by atoms with Gasteiger partial charge in [-0.3, -0.25) is 64.6 Å². The molecule has 0 bridgehead atoms. The largest absolute Gasteiger partial charge is 0.503 e. The lowest BCUT2D eigenvalue weighted by Gasteiger charge is -2.21. The summed E-state index contributed by atoms with van der Waals surface area (Å²) in [5, 5.41) is 33.4. The topological polar surface area (TPSA) is 420 Å². The molecule has 30 nitrogen and oxygen atoms in total. The second kappa shape index (κ2) is 35.2. The molecule has 9 heterocycles. The van der Waals surface area contributed by atoms with Gasteiger partial charge in [-0.15, -0.1) is 15.7 Å². The van der Waals surface area contributed by atoms with Gasteiger partial charge in [-0.05, 0) is 89.0 Å². The molecule has 5 aromatic rings. The van der Waals surface area contributed by atoms with Crippen molar-refractivity contribution in [3.8, 4) is 5.75 Å². The van der Waals surface area contributed by atoms with Crippen LogP contribution in [-0.2, 0) is 64.8 Å². The van der Waals surface area contributed by atoms with Crippen LogP contribution < -0.4 is 42.4 Å². The van der Waals surface area contributed by atoms with Crippen LogP contribution in [0, 0.1) is 44.2 Å². The Morgan fingerprint density at radius 2 is 1.24 bits per heavy atom. The molecule has 6 aliphatic rings. The number of cyclic esters (lactones) is 1. The third-order valence-corrected chi connectivity index (χ3v) is 15.9. The van der Waals surface area contributed by atoms with Crippen molar-refractivity contribution < 1.29 is 66.2 Å². The number of amidine groups is 1. The normalized spacial score (nSPS) is 17.4. The predicted octanol–water partition coefficient (Wildman–Crippen LogP) is 11.3. The number of alkyl carbamates (subject to hydrolysis) is 1. The molecule has 6 aliphatic heterocycles. The van der Waals surface area contributed by atoms with Crippen molar-refractivity contribution in [2.45, 2.75) is 217 Å². The summed E-state index contributed by atoms with van der Waals surface area (Å²) in [5.41, 5.74) is 4.22. The molecule has 33 heteroatoms. The number of para-hydroxylation sites is 1. The van der Waals surface area contributed by atoms with Crippen LogP contribution in [0.3, 0.4) is 0 Å². The summed E-state index contributed by atoms with van der Waals surface area (Å²) in [4.78, 5) is 124. The van der Waals surface area contributed by atoms with E-state index in [1.165, 1.54) is 10.8 Å². The van der Waals surface area contributed by atoms with Gasteiger partial charge in [-0.2, -0.15) is 14.5 Å². The number of fused-ring (bicyclic) bond motifs is 2. The third-order valence-electron chi connectivity index (χ3n) is 14.1. The van der Waals surface area contributed by atoms with E-state index in [-0.39, 0.29) is 84.3 Å². The smallest absolute Gasteiger partial charge is 0.414 e. The van der Waals surface area contributed by atoms with Gasteiger partial charge >= 0.3 is 23.4 Å². The molecule has 105 heavy (non-hydrogen) atoms. The van der Waals surface area contributed by atoms with Gasteiger partial charge in [0.15, 0.2) is 11.9 Å². The molecule has 576 valence electrons. The predicted molar refractivity (Wildman–Crippen MR) is 409 cm³/mol. The molecule has 0 saturated carbocycles. The summed E-state index contributed by atoms with van der Waals surface area (Å²) in [6, 6.07) is 15.1. The first-order valence-corrected chi connectivity index (χ1v) is 35.6. The molecule has 10 amide bonds. The molecule has 2 aromatic carbocycles. The number of nitrogens with zero attached hydrogens (tertiary/aromatic N) is 7. The number of carbonyl (C=O) groups is 9. The Labute approximate surface area is 624 Å². The highest BCUT2D eigenvalue weighted by atomic mass is 32.2. The molecule has 3 aromatic heterocycles. The molecule has 11 rings (SSSR count). The zero-order valence-corrected chi connectivity index (χ0v) is 67.9. The van der Waals surface area contributed by atoms with Crippen LogP contribution in [0.1, 0.15) is 198 Å².